The van der Waals surface area contributed by atoms with E-state index in [0.717, 1.165) is 16.4 Å². The largest absolute Gasteiger partial charge is 0.338 e. The summed E-state index contributed by atoms with van der Waals surface area (Å²) < 4.78 is 5.27. The van der Waals surface area contributed by atoms with Gasteiger partial charge in [0.05, 0.1) is 10.6 Å². The van der Waals surface area contributed by atoms with Crippen molar-refractivity contribution in [1.82, 2.24) is 10.1 Å². The van der Waals surface area contributed by atoms with E-state index in [0.29, 0.717) is 11.7 Å². The Morgan fingerprint density at radius 2 is 2.15 bits per heavy atom. The second-order valence-electron chi connectivity index (χ2n) is 4.47. The molecular formula is C15H14N2OS2. The van der Waals surface area contributed by atoms with Crippen molar-refractivity contribution in [3.63, 3.8) is 0 Å². The molecule has 2 aromatic heterocycles. The van der Waals surface area contributed by atoms with E-state index >= 15 is 0 Å². The molecule has 0 saturated heterocycles. The van der Waals surface area contributed by atoms with Crippen molar-refractivity contribution in [2.24, 2.45) is 0 Å². The minimum atomic E-state index is 0.686. The highest BCUT2D eigenvalue weighted by Crippen LogP contribution is 2.23. The summed E-state index contributed by atoms with van der Waals surface area (Å²) in [5.74, 6) is 3.07. The van der Waals surface area contributed by atoms with E-state index in [1.54, 1.807) is 23.1 Å². The van der Waals surface area contributed by atoms with Gasteiger partial charge in [0.1, 0.15) is 0 Å². The number of hydrogen-bond donors (Lipinski definition) is 0. The third-order valence-electron chi connectivity index (χ3n) is 2.79. The standard InChI is InChI=1S/C15H14N2OS2/c1-11-4-2-5-12(8-11)9-19-10-14-16-15(17-18-14)13-6-3-7-20-13/h2-8H,9-10H2,1H3. The number of aryl methyl sites for hydroxylation is 1. The third kappa shape index (κ3) is 3.29. The van der Waals surface area contributed by atoms with Crippen molar-refractivity contribution in [1.29, 1.82) is 0 Å². The van der Waals surface area contributed by atoms with Crippen LogP contribution in [0.1, 0.15) is 17.0 Å². The summed E-state index contributed by atoms with van der Waals surface area (Å²) in [6, 6.07) is 12.5. The minimum absolute atomic E-state index is 0.686. The molecule has 0 aliphatic carbocycles. The van der Waals surface area contributed by atoms with Gasteiger partial charge in [-0.3, -0.25) is 0 Å². The van der Waals surface area contributed by atoms with Gasteiger partial charge in [-0.2, -0.15) is 4.98 Å². The topological polar surface area (TPSA) is 38.9 Å². The molecule has 3 nitrogen and oxygen atoms in total. The summed E-state index contributed by atoms with van der Waals surface area (Å²) in [6.45, 7) is 2.11. The van der Waals surface area contributed by atoms with E-state index in [1.165, 1.54) is 11.1 Å². The van der Waals surface area contributed by atoms with Crippen LogP contribution in [-0.4, -0.2) is 10.1 Å². The Kier molecular flexibility index (Phi) is 4.18. The van der Waals surface area contributed by atoms with Gasteiger partial charge in [0.2, 0.25) is 11.7 Å². The van der Waals surface area contributed by atoms with Gasteiger partial charge >= 0.3 is 0 Å². The van der Waals surface area contributed by atoms with Gasteiger partial charge in [0.15, 0.2) is 0 Å². The first kappa shape index (κ1) is 13.4. The molecule has 1 aromatic carbocycles. The molecule has 20 heavy (non-hydrogen) atoms. The molecular weight excluding hydrogens is 288 g/mol. The van der Waals surface area contributed by atoms with Crippen LogP contribution < -0.4 is 0 Å². The molecule has 0 aliphatic heterocycles. The fourth-order valence-corrected chi connectivity index (χ4v) is 3.34. The van der Waals surface area contributed by atoms with Crippen LogP contribution in [0.25, 0.3) is 10.7 Å². The lowest BCUT2D eigenvalue weighted by atomic mass is 10.2. The Labute approximate surface area is 126 Å². The Balaban J connectivity index is 1.57. The second kappa shape index (κ2) is 6.24. The summed E-state index contributed by atoms with van der Waals surface area (Å²) in [7, 11) is 0. The van der Waals surface area contributed by atoms with E-state index in [2.05, 4.69) is 41.3 Å². The van der Waals surface area contributed by atoms with Gasteiger partial charge < -0.3 is 4.52 Å². The van der Waals surface area contributed by atoms with Gasteiger partial charge in [0, 0.05) is 5.75 Å². The van der Waals surface area contributed by atoms with Crippen LogP contribution in [0.3, 0.4) is 0 Å². The maximum absolute atomic E-state index is 5.27. The number of benzene rings is 1. The van der Waals surface area contributed by atoms with E-state index < -0.39 is 0 Å². The van der Waals surface area contributed by atoms with Crippen molar-refractivity contribution < 1.29 is 4.52 Å². The molecule has 0 aliphatic rings. The first-order valence-electron chi connectivity index (χ1n) is 6.31. The van der Waals surface area contributed by atoms with E-state index in [4.69, 9.17) is 4.52 Å². The molecule has 3 aromatic rings. The van der Waals surface area contributed by atoms with Gasteiger partial charge in [-0.15, -0.1) is 23.1 Å². The van der Waals surface area contributed by atoms with Crippen molar-refractivity contribution in [3.8, 4) is 10.7 Å². The summed E-state index contributed by atoms with van der Waals surface area (Å²) >= 11 is 3.41. The SMILES string of the molecule is Cc1cccc(CSCc2nc(-c3cccs3)no2)c1. The van der Waals surface area contributed by atoms with Crippen LogP contribution in [0.5, 0.6) is 0 Å². The van der Waals surface area contributed by atoms with Crippen molar-refractivity contribution in [2.75, 3.05) is 0 Å². The Morgan fingerprint density at radius 1 is 1.20 bits per heavy atom. The molecule has 0 atom stereocenters. The van der Waals surface area contributed by atoms with Crippen molar-refractivity contribution >= 4 is 23.1 Å². The maximum atomic E-state index is 5.27. The molecule has 0 radical (unpaired) electrons. The number of rotatable bonds is 5. The molecule has 2 heterocycles. The number of thioether (sulfide) groups is 1. The summed E-state index contributed by atoms with van der Waals surface area (Å²) in [6.07, 6.45) is 0. The maximum Gasteiger partial charge on any atom is 0.236 e. The monoisotopic (exact) mass is 302 g/mol. The van der Waals surface area contributed by atoms with E-state index in [-0.39, 0.29) is 0 Å². The van der Waals surface area contributed by atoms with E-state index in [1.807, 2.05) is 17.5 Å². The normalized spacial score (nSPS) is 10.8. The Bertz CT molecular complexity index is 677. The number of thiophene rings is 1. The van der Waals surface area contributed by atoms with Crippen LogP contribution in [-0.2, 0) is 11.5 Å². The first-order valence-corrected chi connectivity index (χ1v) is 8.34. The molecule has 0 fully saturated rings. The van der Waals surface area contributed by atoms with Gasteiger partial charge in [0.25, 0.3) is 0 Å². The van der Waals surface area contributed by atoms with Crippen LogP contribution in [0, 0.1) is 6.92 Å². The van der Waals surface area contributed by atoms with Crippen LogP contribution >= 0.6 is 23.1 Å². The quantitative estimate of drug-likeness (QED) is 0.693. The van der Waals surface area contributed by atoms with Crippen LogP contribution in [0.4, 0.5) is 0 Å². The molecule has 0 spiro atoms. The molecule has 5 heteroatoms. The molecule has 3 rings (SSSR count). The molecule has 0 bridgehead atoms. The van der Waals surface area contributed by atoms with E-state index in [9.17, 15) is 0 Å². The fraction of sp³-hybridized carbons (Fsp3) is 0.200. The lowest BCUT2D eigenvalue weighted by molar-refractivity contribution is 0.392. The predicted molar refractivity (Wildman–Crippen MR) is 83.8 cm³/mol. The summed E-state index contributed by atoms with van der Waals surface area (Å²) in [5.41, 5.74) is 2.62. The highest BCUT2D eigenvalue weighted by Gasteiger charge is 2.09. The lowest BCUT2D eigenvalue weighted by Crippen LogP contribution is -1.85. The smallest absolute Gasteiger partial charge is 0.236 e. The van der Waals surface area contributed by atoms with Crippen molar-refractivity contribution in [3.05, 3.63) is 58.8 Å². The first-order chi connectivity index (χ1) is 9.81. The van der Waals surface area contributed by atoms with Gasteiger partial charge in [-0.25, -0.2) is 0 Å². The zero-order chi connectivity index (χ0) is 13.8. The molecule has 0 amide bonds. The Hall–Kier alpha value is -1.59. The number of aromatic nitrogens is 2. The van der Waals surface area contributed by atoms with Gasteiger partial charge in [-0.1, -0.05) is 41.1 Å². The molecule has 0 N–H and O–H groups in total. The average Bonchev–Trinajstić information content (AvgIpc) is 3.09. The van der Waals surface area contributed by atoms with Crippen LogP contribution in [0.15, 0.2) is 46.3 Å². The summed E-state index contributed by atoms with van der Waals surface area (Å²) in [4.78, 5) is 5.46. The lowest BCUT2D eigenvalue weighted by Gasteiger charge is -2.00. The van der Waals surface area contributed by atoms with Crippen molar-refractivity contribution in [2.45, 2.75) is 18.4 Å². The molecule has 102 valence electrons. The van der Waals surface area contributed by atoms with Crippen LogP contribution in [0.2, 0.25) is 0 Å². The highest BCUT2D eigenvalue weighted by atomic mass is 32.2. The average molecular weight is 302 g/mol. The fourth-order valence-electron chi connectivity index (χ4n) is 1.88. The third-order valence-corrected chi connectivity index (χ3v) is 4.64. The zero-order valence-corrected chi connectivity index (χ0v) is 12.7. The minimum Gasteiger partial charge on any atom is -0.338 e. The number of nitrogens with zero attached hydrogens (tertiary/aromatic N) is 2. The molecule has 0 unspecified atom stereocenters. The zero-order valence-electron chi connectivity index (χ0n) is 11.1. The summed E-state index contributed by atoms with van der Waals surface area (Å²) in [5, 5.41) is 6.02. The number of hydrogen-bond acceptors (Lipinski definition) is 5. The molecule has 0 saturated carbocycles. The van der Waals surface area contributed by atoms with Gasteiger partial charge in [-0.05, 0) is 23.9 Å². The Morgan fingerprint density at radius 3 is 2.95 bits per heavy atom. The highest BCUT2D eigenvalue weighted by molar-refractivity contribution is 7.97. The predicted octanol–water partition coefficient (Wildman–Crippen LogP) is 4.54. The second-order valence-corrected chi connectivity index (χ2v) is 6.40.